The minimum absolute atomic E-state index is 0. The predicted molar refractivity (Wildman–Crippen MR) is 161 cm³/mol. The van der Waals surface area contributed by atoms with E-state index in [0.717, 1.165) is 55.6 Å². The molecule has 0 spiro atoms. The smallest absolute Gasteiger partial charge is 0.157 e. The fourth-order valence-corrected chi connectivity index (χ4v) is 11.3. The number of aliphatic hydroxyl groups is 1. The molecular formula is C35H64O3. The number of aliphatic hydroxyl groups excluding tert-OH is 1. The first kappa shape index (κ1) is 32.1. The molecule has 1 aliphatic heterocycles. The summed E-state index contributed by atoms with van der Waals surface area (Å²) in [7, 11) is 0. The van der Waals surface area contributed by atoms with Gasteiger partial charge in [-0.05, 0) is 142 Å². The molecule has 0 amide bonds. The number of hydrogen-bond donors (Lipinski definition) is 1. The van der Waals surface area contributed by atoms with Crippen LogP contribution in [-0.4, -0.2) is 30.7 Å². The molecule has 5 aliphatic carbocycles. The van der Waals surface area contributed by atoms with Gasteiger partial charge >= 0.3 is 0 Å². The quantitative estimate of drug-likeness (QED) is 0.368. The van der Waals surface area contributed by atoms with Crippen molar-refractivity contribution in [3.8, 4) is 0 Å². The van der Waals surface area contributed by atoms with Crippen LogP contribution in [0.15, 0.2) is 12.7 Å². The largest absolute Gasteiger partial charge is 0.393 e. The molecule has 3 heteroatoms. The van der Waals surface area contributed by atoms with Gasteiger partial charge in [0.25, 0.3) is 0 Å². The summed E-state index contributed by atoms with van der Waals surface area (Å²) in [6.45, 7) is 14.8. The van der Waals surface area contributed by atoms with E-state index in [4.69, 9.17) is 9.47 Å². The molecule has 0 radical (unpaired) electrons. The minimum Gasteiger partial charge on any atom is -0.393 e. The van der Waals surface area contributed by atoms with Gasteiger partial charge in [-0.15, -0.1) is 6.58 Å². The fourth-order valence-electron chi connectivity index (χ4n) is 11.3. The lowest BCUT2D eigenvalue weighted by molar-refractivity contribution is -0.214. The molecule has 1 saturated heterocycles. The number of hydrogen-bond acceptors (Lipinski definition) is 3. The summed E-state index contributed by atoms with van der Waals surface area (Å²) >= 11 is 0. The second-order valence-electron chi connectivity index (χ2n) is 14.4. The van der Waals surface area contributed by atoms with Crippen LogP contribution in [-0.2, 0) is 9.47 Å². The summed E-state index contributed by atoms with van der Waals surface area (Å²) in [6.07, 6.45) is 20.3. The first-order valence-corrected chi connectivity index (χ1v) is 15.8. The van der Waals surface area contributed by atoms with Gasteiger partial charge < -0.3 is 14.6 Å². The van der Waals surface area contributed by atoms with Crippen LogP contribution in [0, 0.1) is 51.8 Å². The molecule has 5 saturated carbocycles. The van der Waals surface area contributed by atoms with Gasteiger partial charge in [0, 0.05) is 6.61 Å². The average Bonchev–Trinajstić information content (AvgIpc) is 3.31. The van der Waals surface area contributed by atoms with Crippen molar-refractivity contribution < 1.29 is 14.6 Å². The van der Waals surface area contributed by atoms with Crippen molar-refractivity contribution in [1.29, 1.82) is 0 Å². The molecule has 11 unspecified atom stereocenters. The van der Waals surface area contributed by atoms with Crippen molar-refractivity contribution in [2.75, 3.05) is 13.2 Å². The van der Waals surface area contributed by atoms with E-state index in [0.29, 0.717) is 22.2 Å². The van der Waals surface area contributed by atoms with Crippen LogP contribution >= 0.6 is 0 Å². The van der Waals surface area contributed by atoms with Crippen LogP contribution in [0.4, 0.5) is 0 Å². The Morgan fingerprint density at radius 1 is 0.842 bits per heavy atom. The van der Waals surface area contributed by atoms with E-state index in [-0.39, 0.29) is 27.2 Å². The molecule has 38 heavy (non-hydrogen) atoms. The highest BCUT2D eigenvalue weighted by Gasteiger charge is 2.64. The van der Waals surface area contributed by atoms with E-state index in [1.54, 1.807) is 6.08 Å². The lowest BCUT2D eigenvalue weighted by atomic mass is 9.37. The zero-order valence-corrected chi connectivity index (χ0v) is 24.0. The van der Waals surface area contributed by atoms with Gasteiger partial charge in [0.05, 0.1) is 12.7 Å². The third kappa shape index (κ3) is 5.32. The Kier molecular flexibility index (Phi) is 10.7. The Balaban J connectivity index is 0.000000766. The van der Waals surface area contributed by atoms with Crippen molar-refractivity contribution in [3.63, 3.8) is 0 Å². The number of ether oxygens (including phenoxy) is 2. The highest BCUT2D eigenvalue weighted by Crippen LogP contribution is 2.71. The number of fused-ring (bicyclic) bond motifs is 7. The third-order valence-corrected chi connectivity index (χ3v) is 12.9. The summed E-state index contributed by atoms with van der Waals surface area (Å²) in [6, 6.07) is 0. The Bertz CT molecular complexity index is 760. The van der Waals surface area contributed by atoms with Gasteiger partial charge in [-0.2, -0.15) is 0 Å². The van der Waals surface area contributed by atoms with Gasteiger partial charge in [0.2, 0.25) is 0 Å². The van der Waals surface area contributed by atoms with E-state index in [9.17, 15) is 5.11 Å². The minimum atomic E-state index is -0.0642. The molecule has 11 atom stereocenters. The highest BCUT2D eigenvalue weighted by atomic mass is 16.7. The maximum absolute atomic E-state index is 10.6. The monoisotopic (exact) mass is 532 g/mol. The van der Waals surface area contributed by atoms with Gasteiger partial charge in [-0.25, -0.2) is 0 Å². The summed E-state index contributed by atoms with van der Waals surface area (Å²) in [4.78, 5) is 0. The van der Waals surface area contributed by atoms with Crippen molar-refractivity contribution >= 4 is 0 Å². The molecule has 0 aromatic rings. The van der Waals surface area contributed by atoms with E-state index in [1.165, 1.54) is 77.0 Å². The molecule has 3 nitrogen and oxygen atoms in total. The molecule has 6 rings (SSSR count). The molecule has 222 valence electrons. The first-order chi connectivity index (χ1) is 17.3. The number of rotatable bonds is 3. The molecule has 1 heterocycles. The Hall–Kier alpha value is -0.380. The summed E-state index contributed by atoms with van der Waals surface area (Å²) in [5, 5.41) is 10.6. The fraction of sp³-hybridized carbons (Fsp3) is 0.943. The lowest BCUT2D eigenvalue weighted by Gasteiger charge is -2.67. The molecule has 1 N–H and O–H groups in total. The predicted octanol–water partition coefficient (Wildman–Crippen LogP) is 9.43. The summed E-state index contributed by atoms with van der Waals surface area (Å²) < 4.78 is 12.4. The SMILES string of the molecule is C.C.C=CC.CC1C(O)CCC2(C)C1CCC1(C)C3CCC4(COC5CCCCO5)CCCC4C3CCC21. The zero-order valence-electron chi connectivity index (χ0n) is 24.0. The van der Waals surface area contributed by atoms with Crippen LogP contribution in [0.3, 0.4) is 0 Å². The van der Waals surface area contributed by atoms with Crippen LogP contribution in [0.5, 0.6) is 0 Å². The van der Waals surface area contributed by atoms with Crippen molar-refractivity contribution in [3.05, 3.63) is 12.7 Å². The second-order valence-corrected chi connectivity index (χ2v) is 14.4. The maximum atomic E-state index is 10.6. The van der Waals surface area contributed by atoms with Crippen LogP contribution in [0.25, 0.3) is 0 Å². The Labute approximate surface area is 236 Å². The lowest BCUT2D eigenvalue weighted by Crippen LogP contribution is -2.61. The average molecular weight is 533 g/mol. The third-order valence-electron chi connectivity index (χ3n) is 12.9. The van der Waals surface area contributed by atoms with Crippen molar-refractivity contribution in [1.82, 2.24) is 0 Å². The number of allylic oxidation sites excluding steroid dienone is 1. The van der Waals surface area contributed by atoms with Crippen LogP contribution in [0.2, 0.25) is 0 Å². The van der Waals surface area contributed by atoms with Crippen LogP contribution in [0.1, 0.15) is 132 Å². The molecule has 0 aromatic carbocycles. The molecular weight excluding hydrogens is 468 g/mol. The molecule has 0 aromatic heterocycles. The van der Waals surface area contributed by atoms with Gasteiger partial charge in [-0.3, -0.25) is 0 Å². The second kappa shape index (κ2) is 12.6. The zero-order chi connectivity index (χ0) is 25.6. The summed E-state index contributed by atoms with van der Waals surface area (Å²) in [5.74, 6) is 4.80. The molecule has 6 aliphatic rings. The van der Waals surface area contributed by atoms with E-state index < -0.39 is 0 Å². The maximum Gasteiger partial charge on any atom is 0.157 e. The van der Waals surface area contributed by atoms with Crippen molar-refractivity contribution in [2.45, 2.75) is 145 Å². The van der Waals surface area contributed by atoms with Gasteiger partial charge in [0.15, 0.2) is 6.29 Å². The molecule has 6 fully saturated rings. The Morgan fingerprint density at radius 3 is 2.24 bits per heavy atom. The molecule has 0 bridgehead atoms. The van der Waals surface area contributed by atoms with E-state index >= 15 is 0 Å². The summed E-state index contributed by atoms with van der Waals surface area (Å²) in [5.41, 5.74) is 1.40. The van der Waals surface area contributed by atoms with Crippen molar-refractivity contribution in [2.24, 2.45) is 51.8 Å². The normalized spacial score (nSPS) is 49.3. The standard InChI is InChI=1S/C30H50O3.C3H6.2CH4/c1-20-22-11-15-29(3)23-12-17-30(19-33-27-8-4-5-18-32-27)14-6-7-24(30)21(23)9-10-26(29)28(22,2)16-13-25(20)31;1-3-2;;/h20-27,31H,4-19H2,1-3H3;3H,1H2,2H3;2*1H4. The van der Waals surface area contributed by atoms with E-state index in [1.807, 2.05) is 6.92 Å². The highest BCUT2D eigenvalue weighted by molar-refractivity contribution is 5.13. The Morgan fingerprint density at radius 2 is 1.53 bits per heavy atom. The van der Waals surface area contributed by atoms with E-state index in [2.05, 4.69) is 27.4 Å². The topological polar surface area (TPSA) is 38.7 Å². The van der Waals surface area contributed by atoms with Gasteiger partial charge in [-0.1, -0.05) is 48.1 Å². The van der Waals surface area contributed by atoms with Gasteiger partial charge in [0.1, 0.15) is 0 Å². The van der Waals surface area contributed by atoms with Crippen LogP contribution < -0.4 is 0 Å². The first-order valence-electron chi connectivity index (χ1n) is 15.8.